The molecular formula is C17H20N2. The first kappa shape index (κ1) is 14.7. The van der Waals surface area contributed by atoms with E-state index in [4.69, 9.17) is 0 Å². The number of hydrogen-bond acceptors (Lipinski definition) is 2. The lowest BCUT2D eigenvalue weighted by Crippen LogP contribution is -2.07. The van der Waals surface area contributed by atoms with Gasteiger partial charge in [0.25, 0.3) is 0 Å². The first-order chi connectivity index (χ1) is 9.22. The lowest BCUT2D eigenvalue weighted by atomic mass is 10.1. The van der Waals surface area contributed by atoms with Crippen LogP contribution in [-0.4, -0.2) is 12.0 Å². The number of nitrogens with zero attached hydrogens (tertiary/aromatic N) is 1. The van der Waals surface area contributed by atoms with Crippen LogP contribution in [0.3, 0.4) is 0 Å². The Morgan fingerprint density at radius 2 is 2.11 bits per heavy atom. The second-order valence-corrected chi connectivity index (χ2v) is 3.97. The zero-order valence-electron chi connectivity index (χ0n) is 11.4. The van der Waals surface area contributed by atoms with Crippen molar-refractivity contribution in [3.63, 3.8) is 0 Å². The van der Waals surface area contributed by atoms with E-state index in [0.29, 0.717) is 0 Å². The van der Waals surface area contributed by atoms with E-state index in [0.717, 1.165) is 28.9 Å². The van der Waals surface area contributed by atoms with E-state index in [1.54, 1.807) is 12.2 Å². The average molecular weight is 252 g/mol. The van der Waals surface area contributed by atoms with Gasteiger partial charge in [-0.2, -0.15) is 0 Å². The Morgan fingerprint density at radius 1 is 1.32 bits per heavy atom. The molecule has 19 heavy (non-hydrogen) atoms. The Kier molecular flexibility index (Phi) is 6.10. The lowest BCUT2D eigenvalue weighted by molar-refractivity contribution is 1.08. The normalized spacial score (nSPS) is 10.8. The molecule has 0 aliphatic heterocycles. The molecule has 0 bridgehead atoms. The van der Waals surface area contributed by atoms with Gasteiger partial charge in [0.15, 0.2) is 0 Å². The second-order valence-electron chi connectivity index (χ2n) is 3.97. The SMILES string of the molecule is C=C/C=C\C=C/Cc1cnc(C(=C)NC)c(C=C)c1. The van der Waals surface area contributed by atoms with E-state index in [1.807, 2.05) is 31.5 Å². The van der Waals surface area contributed by atoms with Gasteiger partial charge in [-0.25, -0.2) is 0 Å². The smallest absolute Gasteiger partial charge is 0.0926 e. The molecule has 0 unspecified atom stereocenters. The van der Waals surface area contributed by atoms with Crippen LogP contribution in [0.25, 0.3) is 11.8 Å². The molecule has 2 heteroatoms. The van der Waals surface area contributed by atoms with Crippen molar-refractivity contribution in [1.82, 2.24) is 10.3 Å². The summed E-state index contributed by atoms with van der Waals surface area (Å²) < 4.78 is 0. The predicted octanol–water partition coefficient (Wildman–Crippen LogP) is 3.76. The maximum absolute atomic E-state index is 4.43. The predicted molar refractivity (Wildman–Crippen MR) is 84.6 cm³/mol. The summed E-state index contributed by atoms with van der Waals surface area (Å²) in [4.78, 5) is 4.43. The summed E-state index contributed by atoms with van der Waals surface area (Å²) in [6, 6.07) is 2.08. The summed E-state index contributed by atoms with van der Waals surface area (Å²) in [6.07, 6.45) is 14.2. The van der Waals surface area contributed by atoms with Crippen molar-refractivity contribution in [3.8, 4) is 0 Å². The fraction of sp³-hybridized carbons (Fsp3) is 0.118. The first-order valence-electron chi connectivity index (χ1n) is 6.15. The van der Waals surface area contributed by atoms with Crippen LogP contribution in [0.1, 0.15) is 16.8 Å². The number of allylic oxidation sites excluding steroid dienone is 5. The maximum Gasteiger partial charge on any atom is 0.0926 e. The highest BCUT2D eigenvalue weighted by Crippen LogP contribution is 2.16. The molecule has 0 saturated carbocycles. The molecule has 1 aromatic heterocycles. The second kappa shape index (κ2) is 7.88. The highest BCUT2D eigenvalue weighted by atomic mass is 14.9. The minimum Gasteiger partial charge on any atom is -0.387 e. The molecule has 1 heterocycles. The standard InChI is InChI=1S/C17H20N2/c1-5-7-8-9-10-11-15-12-16(6-2)17(19-13-15)14(3)18-4/h5-10,12-13,18H,1-3,11H2,4H3/b8-7-,10-9-. The Morgan fingerprint density at radius 3 is 2.74 bits per heavy atom. The summed E-state index contributed by atoms with van der Waals surface area (Å²) in [5.41, 5.74) is 3.78. The zero-order chi connectivity index (χ0) is 14.1. The van der Waals surface area contributed by atoms with Gasteiger partial charge in [-0.15, -0.1) is 0 Å². The minimum absolute atomic E-state index is 0.797. The van der Waals surface area contributed by atoms with Crippen LogP contribution in [0.5, 0.6) is 0 Å². The van der Waals surface area contributed by atoms with E-state index in [2.05, 4.69) is 42.2 Å². The van der Waals surface area contributed by atoms with Crippen LogP contribution in [0, 0.1) is 0 Å². The van der Waals surface area contributed by atoms with Gasteiger partial charge in [0.2, 0.25) is 0 Å². The summed E-state index contributed by atoms with van der Waals surface area (Å²) in [5.74, 6) is 0. The quantitative estimate of drug-likeness (QED) is 0.747. The van der Waals surface area contributed by atoms with Gasteiger partial charge in [0.1, 0.15) is 0 Å². The van der Waals surface area contributed by atoms with Crippen LogP contribution < -0.4 is 5.32 Å². The van der Waals surface area contributed by atoms with Crippen molar-refractivity contribution in [2.75, 3.05) is 7.05 Å². The molecule has 1 N–H and O–H groups in total. The molecule has 0 amide bonds. The van der Waals surface area contributed by atoms with Crippen molar-refractivity contribution >= 4 is 11.8 Å². The van der Waals surface area contributed by atoms with Crippen LogP contribution >= 0.6 is 0 Å². The van der Waals surface area contributed by atoms with Crippen molar-refractivity contribution in [2.45, 2.75) is 6.42 Å². The molecule has 1 rings (SSSR count). The van der Waals surface area contributed by atoms with Crippen LogP contribution in [0.15, 0.2) is 62.4 Å². The van der Waals surface area contributed by atoms with E-state index in [1.165, 1.54) is 0 Å². The van der Waals surface area contributed by atoms with Crippen molar-refractivity contribution in [3.05, 3.63) is 79.2 Å². The van der Waals surface area contributed by atoms with Crippen LogP contribution in [0.2, 0.25) is 0 Å². The van der Waals surface area contributed by atoms with E-state index < -0.39 is 0 Å². The summed E-state index contributed by atoms with van der Waals surface area (Å²) in [6.45, 7) is 11.4. The molecule has 2 nitrogen and oxygen atoms in total. The van der Waals surface area contributed by atoms with Gasteiger partial charge in [0.05, 0.1) is 11.4 Å². The summed E-state index contributed by atoms with van der Waals surface area (Å²) in [5, 5.41) is 3.00. The van der Waals surface area contributed by atoms with Gasteiger partial charge < -0.3 is 5.32 Å². The molecule has 1 aromatic rings. The topological polar surface area (TPSA) is 24.9 Å². The monoisotopic (exact) mass is 252 g/mol. The molecule has 0 fully saturated rings. The highest BCUT2D eigenvalue weighted by molar-refractivity contribution is 5.68. The molecular weight excluding hydrogens is 232 g/mol. The maximum atomic E-state index is 4.43. The third-order valence-corrected chi connectivity index (χ3v) is 2.63. The van der Waals surface area contributed by atoms with Crippen molar-refractivity contribution in [1.29, 1.82) is 0 Å². The largest absolute Gasteiger partial charge is 0.387 e. The van der Waals surface area contributed by atoms with Gasteiger partial charge in [-0.3, -0.25) is 4.98 Å². The molecule has 0 aliphatic rings. The Balaban J connectivity index is 2.85. The number of rotatable bonds is 7. The lowest BCUT2D eigenvalue weighted by Gasteiger charge is -2.09. The van der Waals surface area contributed by atoms with Crippen molar-refractivity contribution in [2.24, 2.45) is 0 Å². The molecule has 0 atom stereocenters. The van der Waals surface area contributed by atoms with E-state index in [-0.39, 0.29) is 0 Å². The summed E-state index contributed by atoms with van der Waals surface area (Å²) in [7, 11) is 1.83. The molecule has 0 saturated heterocycles. The fourth-order valence-electron chi connectivity index (χ4n) is 1.59. The summed E-state index contributed by atoms with van der Waals surface area (Å²) >= 11 is 0. The van der Waals surface area contributed by atoms with E-state index in [9.17, 15) is 0 Å². The average Bonchev–Trinajstić information content (AvgIpc) is 2.46. The van der Waals surface area contributed by atoms with Gasteiger partial charge in [-0.05, 0) is 18.1 Å². The number of aromatic nitrogens is 1. The van der Waals surface area contributed by atoms with Crippen molar-refractivity contribution < 1.29 is 0 Å². The van der Waals surface area contributed by atoms with Gasteiger partial charge in [0, 0.05) is 18.8 Å². The molecule has 0 spiro atoms. The molecule has 0 radical (unpaired) electrons. The third kappa shape index (κ3) is 4.43. The Hall–Kier alpha value is -2.35. The van der Waals surface area contributed by atoms with Gasteiger partial charge >= 0.3 is 0 Å². The molecule has 98 valence electrons. The van der Waals surface area contributed by atoms with Gasteiger partial charge in [-0.1, -0.05) is 56.2 Å². The Bertz CT molecular complexity index is 522. The fourth-order valence-corrected chi connectivity index (χ4v) is 1.59. The van der Waals surface area contributed by atoms with Crippen LogP contribution in [0.4, 0.5) is 0 Å². The molecule has 0 aromatic carbocycles. The first-order valence-corrected chi connectivity index (χ1v) is 6.15. The number of hydrogen-bond donors (Lipinski definition) is 1. The number of pyridine rings is 1. The number of nitrogens with one attached hydrogen (secondary N) is 1. The van der Waals surface area contributed by atoms with Crippen LogP contribution in [-0.2, 0) is 6.42 Å². The minimum atomic E-state index is 0.797. The zero-order valence-corrected chi connectivity index (χ0v) is 11.4. The highest BCUT2D eigenvalue weighted by Gasteiger charge is 2.04. The van der Waals surface area contributed by atoms with E-state index >= 15 is 0 Å². The molecule has 0 aliphatic carbocycles. The Labute approximate surface area is 115 Å². The third-order valence-electron chi connectivity index (χ3n) is 2.63.